The van der Waals surface area contributed by atoms with Crippen LogP contribution in [-0.2, 0) is 16.1 Å². The number of amides is 1. The van der Waals surface area contributed by atoms with Gasteiger partial charge in [-0.25, -0.2) is 9.78 Å². The fourth-order valence-electron chi connectivity index (χ4n) is 3.67. The number of carbonyl (C=O) groups excluding carboxylic acids is 1. The van der Waals surface area contributed by atoms with Gasteiger partial charge in [0, 0.05) is 37.0 Å². The van der Waals surface area contributed by atoms with E-state index in [1.807, 2.05) is 13.8 Å². The third-order valence-electron chi connectivity index (χ3n) is 5.62. The van der Waals surface area contributed by atoms with E-state index in [2.05, 4.69) is 25.2 Å². The van der Waals surface area contributed by atoms with Crippen molar-refractivity contribution >= 4 is 46.3 Å². The largest absolute Gasteiger partial charge is 0.481 e. The molecule has 0 aliphatic rings. The lowest BCUT2D eigenvalue weighted by Gasteiger charge is -2.24. The first-order valence-corrected chi connectivity index (χ1v) is 10.9. The molecule has 0 aliphatic heterocycles. The van der Waals surface area contributed by atoms with Gasteiger partial charge in [-0.15, -0.1) is 0 Å². The average Bonchev–Trinajstić information content (AvgIpc) is 2.80. The maximum absolute atomic E-state index is 12.5. The van der Waals surface area contributed by atoms with Crippen LogP contribution in [0.15, 0.2) is 30.5 Å². The lowest BCUT2D eigenvalue weighted by molar-refractivity contribution is -0.140. The van der Waals surface area contributed by atoms with Crippen LogP contribution in [-0.4, -0.2) is 55.6 Å². The maximum atomic E-state index is 12.5. The van der Waals surface area contributed by atoms with Gasteiger partial charge in [0.2, 0.25) is 5.95 Å². The summed E-state index contributed by atoms with van der Waals surface area (Å²) in [5.74, 6) is -2.69. The molecule has 2 aromatic heterocycles. The minimum Gasteiger partial charge on any atom is -0.481 e. The van der Waals surface area contributed by atoms with Crippen molar-refractivity contribution in [2.24, 2.45) is 0 Å². The first-order valence-electron chi connectivity index (χ1n) is 10.9. The molecule has 0 fully saturated rings. The fraction of sp³-hybridized carbons (Fsp3) is 0.304. The maximum Gasteiger partial charge on any atom is 0.326 e. The second-order valence-electron chi connectivity index (χ2n) is 7.93. The van der Waals surface area contributed by atoms with E-state index >= 15 is 0 Å². The van der Waals surface area contributed by atoms with E-state index in [4.69, 9.17) is 16.6 Å². The van der Waals surface area contributed by atoms with Crippen molar-refractivity contribution in [3.63, 3.8) is 0 Å². The lowest BCUT2D eigenvalue weighted by atomic mass is 10.1. The fourth-order valence-corrected chi connectivity index (χ4v) is 3.67. The number of benzene rings is 1. The number of pyridine rings is 1. The van der Waals surface area contributed by atoms with E-state index < -0.39 is 23.9 Å². The van der Waals surface area contributed by atoms with Crippen molar-refractivity contribution < 1.29 is 24.6 Å². The van der Waals surface area contributed by atoms with Crippen molar-refractivity contribution in [2.75, 3.05) is 22.9 Å². The monoisotopic (exact) mass is 481 g/mol. The van der Waals surface area contributed by atoms with Crippen LogP contribution in [0.25, 0.3) is 11.0 Å². The molecule has 12 nitrogen and oxygen atoms in total. The second-order valence-corrected chi connectivity index (χ2v) is 7.93. The van der Waals surface area contributed by atoms with E-state index in [0.717, 1.165) is 16.8 Å². The van der Waals surface area contributed by atoms with Gasteiger partial charge in [-0.3, -0.25) is 9.59 Å². The number of hydrogen-bond acceptors (Lipinski definition) is 9. The third-order valence-corrected chi connectivity index (χ3v) is 5.62. The molecule has 0 bridgehead atoms. The molecule has 184 valence electrons. The van der Waals surface area contributed by atoms with Gasteiger partial charge in [0.25, 0.3) is 5.91 Å². The second kappa shape index (κ2) is 10.6. The van der Waals surface area contributed by atoms with Crippen LogP contribution in [0.5, 0.6) is 0 Å². The van der Waals surface area contributed by atoms with Gasteiger partial charge < -0.3 is 31.9 Å². The topological polar surface area (TPSA) is 198 Å². The SMILES string of the molecule is CCN(Cc1cnc2nc(N)nc(N)c2c1C)c1ccc(C(=O)NC(CCC(=O)O)C(=O)O)cc1. The molecule has 1 atom stereocenters. The van der Waals surface area contributed by atoms with E-state index in [9.17, 15) is 19.5 Å². The standard InChI is InChI=1S/C23H27N7O5/c1-3-30(11-14-10-26-20-18(12(14)2)19(24)28-23(25)29-20)15-6-4-13(5-7-15)21(33)27-16(22(34)35)8-9-17(31)32/h4-7,10,16H,3,8-9,11H2,1-2H3,(H,27,33)(H,31,32)(H,34,35)(H4,24,25,26,28,29). The Kier molecular flexibility index (Phi) is 7.64. The molecule has 2 heterocycles. The van der Waals surface area contributed by atoms with Gasteiger partial charge in [0.15, 0.2) is 5.65 Å². The predicted octanol–water partition coefficient (Wildman–Crippen LogP) is 1.57. The first-order chi connectivity index (χ1) is 16.6. The zero-order chi connectivity index (χ0) is 25.7. The molecule has 0 aliphatic carbocycles. The number of aliphatic carboxylic acids is 2. The summed E-state index contributed by atoms with van der Waals surface area (Å²) in [6, 6.07) is 5.40. The number of fused-ring (bicyclic) bond motifs is 1. The van der Waals surface area contributed by atoms with Gasteiger partial charge in [-0.2, -0.15) is 9.97 Å². The Labute approximate surface area is 201 Å². The van der Waals surface area contributed by atoms with Gasteiger partial charge >= 0.3 is 11.9 Å². The summed E-state index contributed by atoms with van der Waals surface area (Å²) in [4.78, 5) is 49.2. The van der Waals surface area contributed by atoms with Crippen LogP contribution in [0, 0.1) is 6.92 Å². The molecular formula is C23H27N7O5. The van der Waals surface area contributed by atoms with Crippen LogP contribution in [0.4, 0.5) is 17.5 Å². The Morgan fingerprint density at radius 2 is 1.80 bits per heavy atom. The molecule has 1 unspecified atom stereocenters. The number of aromatic nitrogens is 3. The molecule has 0 spiro atoms. The van der Waals surface area contributed by atoms with Crippen LogP contribution in [0.2, 0.25) is 0 Å². The highest BCUT2D eigenvalue weighted by Crippen LogP contribution is 2.26. The quantitative estimate of drug-likeness (QED) is 0.282. The van der Waals surface area contributed by atoms with Crippen LogP contribution in [0.1, 0.15) is 41.3 Å². The molecule has 35 heavy (non-hydrogen) atoms. The lowest BCUT2D eigenvalue weighted by Crippen LogP contribution is -2.41. The number of rotatable bonds is 10. The van der Waals surface area contributed by atoms with E-state index in [0.29, 0.717) is 24.1 Å². The summed E-state index contributed by atoms with van der Waals surface area (Å²) in [5.41, 5.74) is 15.0. The molecule has 0 radical (unpaired) electrons. The average molecular weight is 482 g/mol. The van der Waals surface area contributed by atoms with Crippen LogP contribution < -0.4 is 21.7 Å². The van der Waals surface area contributed by atoms with Crippen molar-refractivity contribution in [3.05, 3.63) is 47.2 Å². The Morgan fingerprint density at radius 3 is 2.40 bits per heavy atom. The first kappa shape index (κ1) is 25.1. The molecule has 12 heteroatoms. The van der Waals surface area contributed by atoms with Crippen molar-refractivity contribution in [1.29, 1.82) is 0 Å². The van der Waals surface area contributed by atoms with E-state index in [1.165, 1.54) is 0 Å². The predicted molar refractivity (Wildman–Crippen MR) is 130 cm³/mol. The molecule has 3 aromatic rings. The Hall–Kier alpha value is -4.48. The van der Waals surface area contributed by atoms with Crippen molar-refractivity contribution in [1.82, 2.24) is 20.3 Å². The molecule has 7 N–H and O–H groups in total. The Bertz CT molecular complexity index is 1260. The molecule has 1 amide bonds. The molecular weight excluding hydrogens is 454 g/mol. The Balaban J connectivity index is 1.76. The van der Waals surface area contributed by atoms with Gasteiger partial charge in [0.05, 0.1) is 5.39 Å². The van der Waals surface area contributed by atoms with Crippen molar-refractivity contribution in [3.8, 4) is 0 Å². The zero-order valence-electron chi connectivity index (χ0n) is 19.4. The number of hydrogen-bond donors (Lipinski definition) is 5. The highest BCUT2D eigenvalue weighted by Gasteiger charge is 2.22. The van der Waals surface area contributed by atoms with Crippen LogP contribution >= 0.6 is 0 Å². The normalized spacial score (nSPS) is 11.7. The zero-order valence-corrected chi connectivity index (χ0v) is 19.4. The number of carbonyl (C=O) groups is 3. The van der Waals surface area contributed by atoms with E-state index in [-0.39, 0.29) is 30.2 Å². The summed E-state index contributed by atoms with van der Waals surface area (Å²) >= 11 is 0. The number of aryl methyl sites for hydroxylation is 1. The van der Waals surface area contributed by atoms with Gasteiger partial charge in [-0.05, 0) is 55.7 Å². The smallest absolute Gasteiger partial charge is 0.326 e. The number of nitrogens with one attached hydrogen (secondary N) is 1. The summed E-state index contributed by atoms with van der Waals surface area (Å²) in [5, 5.41) is 21.0. The number of carboxylic acid groups (broad SMARTS) is 2. The third kappa shape index (κ3) is 5.91. The van der Waals surface area contributed by atoms with Gasteiger partial charge in [-0.1, -0.05) is 0 Å². The molecule has 0 saturated heterocycles. The number of nitrogen functional groups attached to an aromatic ring is 2. The summed E-state index contributed by atoms with van der Waals surface area (Å²) in [6.07, 6.45) is 1.15. The summed E-state index contributed by atoms with van der Waals surface area (Å²) in [6.45, 7) is 5.08. The summed E-state index contributed by atoms with van der Waals surface area (Å²) in [7, 11) is 0. The number of anilines is 3. The van der Waals surface area contributed by atoms with Crippen LogP contribution in [0.3, 0.4) is 0 Å². The highest BCUT2D eigenvalue weighted by atomic mass is 16.4. The summed E-state index contributed by atoms with van der Waals surface area (Å²) < 4.78 is 0. The molecule has 1 aromatic carbocycles. The minimum absolute atomic E-state index is 0.0607. The number of carboxylic acids is 2. The Morgan fingerprint density at radius 1 is 1.11 bits per heavy atom. The van der Waals surface area contributed by atoms with Crippen molar-refractivity contribution in [2.45, 2.75) is 39.3 Å². The molecule has 0 saturated carbocycles. The van der Waals surface area contributed by atoms with Gasteiger partial charge in [0.1, 0.15) is 11.9 Å². The minimum atomic E-state index is -1.29. The van der Waals surface area contributed by atoms with E-state index in [1.54, 1.807) is 30.5 Å². The number of nitrogens with two attached hydrogens (primary N) is 2. The number of nitrogens with zero attached hydrogens (tertiary/aromatic N) is 4. The molecule has 3 rings (SSSR count). The highest BCUT2D eigenvalue weighted by molar-refractivity contribution is 5.97.